The van der Waals surface area contributed by atoms with Gasteiger partial charge in [-0.05, 0) is 57.5 Å². The average Bonchev–Trinajstić information content (AvgIpc) is 2.95. The van der Waals surface area contributed by atoms with Crippen molar-refractivity contribution in [2.45, 2.75) is 44.2 Å². The van der Waals surface area contributed by atoms with Gasteiger partial charge in [0, 0.05) is 18.4 Å². The molecule has 0 saturated carbocycles. The molecule has 0 aliphatic carbocycles. The van der Waals surface area contributed by atoms with Crippen LogP contribution in [0, 0.1) is 0 Å². The van der Waals surface area contributed by atoms with Crippen molar-refractivity contribution in [2.24, 2.45) is 11.5 Å². The zero-order valence-electron chi connectivity index (χ0n) is 13.3. The zero-order chi connectivity index (χ0) is 16.4. The van der Waals surface area contributed by atoms with Gasteiger partial charge in [-0.2, -0.15) is 0 Å². The molecule has 6 nitrogen and oxygen atoms in total. The van der Waals surface area contributed by atoms with Gasteiger partial charge in [-0.3, -0.25) is 14.7 Å². The van der Waals surface area contributed by atoms with Gasteiger partial charge in [-0.1, -0.05) is 12.5 Å². The maximum absolute atomic E-state index is 10.1. The molecule has 2 atom stereocenters. The largest absolute Gasteiger partial charge is 0.480 e. The van der Waals surface area contributed by atoms with Gasteiger partial charge in [-0.15, -0.1) is 0 Å². The Balaban J connectivity index is 0.000000225. The van der Waals surface area contributed by atoms with Crippen LogP contribution < -0.4 is 11.5 Å². The van der Waals surface area contributed by atoms with Crippen LogP contribution in [0.4, 0.5) is 0 Å². The van der Waals surface area contributed by atoms with Crippen molar-refractivity contribution in [1.29, 1.82) is 0 Å². The number of nitrogens with two attached hydrogens (primary N) is 2. The highest BCUT2D eigenvalue weighted by molar-refractivity contribution is 5.72. The van der Waals surface area contributed by atoms with Crippen LogP contribution in [0.2, 0.25) is 0 Å². The van der Waals surface area contributed by atoms with Crippen molar-refractivity contribution in [3.8, 4) is 0 Å². The molecule has 0 amide bonds. The van der Waals surface area contributed by atoms with Gasteiger partial charge >= 0.3 is 5.97 Å². The third-order valence-electron chi connectivity index (χ3n) is 3.88. The summed E-state index contributed by atoms with van der Waals surface area (Å²) in [6, 6.07) is 4.08. The Morgan fingerprint density at radius 3 is 2.82 bits per heavy atom. The average molecular weight is 308 g/mol. The van der Waals surface area contributed by atoms with Crippen molar-refractivity contribution >= 4 is 5.97 Å². The Morgan fingerprint density at radius 2 is 2.32 bits per heavy atom. The van der Waals surface area contributed by atoms with E-state index < -0.39 is 12.0 Å². The molecule has 0 bridgehead atoms. The van der Waals surface area contributed by atoms with Crippen molar-refractivity contribution in [2.75, 3.05) is 20.1 Å². The summed E-state index contributed by atoms with van der Waals surface area (Å²) in [6.07, 6.45) is 8.57. The molecular weight excluding hydrogens is 280 g/mol. The minimum absolute atomic E-state index is 0.520. The van der Waals surface area contributed by atoms with Gasteiger partial charge in [0.15, 0.2) is 0 Å². The van der Waals surface area contributed by atoms with Crippen molar-refractivity contribution in [1.82, 2.24) is 9.88 Å². The molecule has 1 aromatic rings. The molecule has 1 saturated heterocycles. The smallest absolute Gasteiger partial charge is 0.320 e. The van der Waals surface area contributed by atoms with Gasteiger partial charge in [0.1, 0.15) is 6.04 Å². The van der Waals surface area contributed by atoms with Gasteiger partial charge in [0.2, 0.25) is 0 Å². The maximum atomic E-state index is 10.1. The monoisotopic (exact) mass is 308 g/mol. The second-order valence-corrected chi connectivity index (χ2v) is 5.65. The van der Waals surface area contributed by atoms with E-state index in [1.807, 2.05) is 18.5 Å². The number of aromatic nitrogens is 1. The molecule has 0 radical (unpaired) electrons. The first-order chi connectivity index (χ1) is 10.6. The summed E-state index contributed by atoms with van der Waals surface area (Å²) in [6.45, 7) is 1.83. The van der Waals surface area contributed by atoms with Crippen LogP contribution >= 0.6 is 0 Å². The molecule has 1 aliphatic rings. The van der Waals surface area contributed by atoms with Crippen LogP contribution in [-0.2, 0) is 4.79 Å². The Bertz CT molecular complexity index is 427. The summed E-state index contributed by atoms with van der Waals surface area (Å²) in [5, 5.41) is 8.33. The summed E-state index contributed by atoms with van der Waals surface area (Å²) < 4.78 is 0. The lowest BCUT2D eigenvalue weighted by atomic mass is 10.1. The third kappa shape index (κ3) is 6.51. The number of nitrogens with zero attached hydrogens (tertiary/aromatic N) is 2. The highest BCUT2D eigenvalue weighted by atomic mass is 16.4. The van der Waals surface area contributed by atoms with Crippen LogP contribution in [0.1, 0.15) is 43.7 Å². The molecule has 0 aromatic carbocycles. The number of likely N-dealkylation sites (tertiary alicyclic amines) is 1. The van der Waals surface area contributed by atoms with Crippen LogP contribution in [0.5, 0.6) is 0 Å². The van der Waals surface area contributed by atoms with E-state index in [0.717, 1.165) is 12.8 Å². The molecule has 6 heteroatoms. The molecule has 2 heterocycles. The van der Waals surface area contributed by atoms with Crippen LogP contribution in [0.3, 0.4) is 0 Å². The van der Waals surface area contributed by atoms with Gasteiger partial charge in [-0.25, -0.2) is 0 Å². The van der Waals surface area contributed by atoms with E-state index >= 15 is 0 Å². The van der Waals surface area contributed by atoms with E-state index in [0.29, 0.717) is 19.0 Å². The number of carboxylic acid groups (broad SMARTS) is 1. The number of hydrogen-bond acceptors (Lipinski definition) is 5. The number of pyridine rings is 1. The number of unbranched alkanes of at least 4 members (excludes halogenated alkanes) is 1. The lowest BCUT2D eigenvalue weighted by molar-refractivity contribution is -0.138. The SMILES string of the molecule is CN1CCCC1c1cccnc1.NCCCCC(N)C(=O)O. The van der Waals surface area contributed by atoms with Crippen molar-refractivity contribution in [3.63, 3.8) is 0 Å². The normalized spacial score (nSPS) is 19.3. The second-order valence-electron chi connectivity index (χ2n) is 5.65. The second kappa shape index (κ2) is 10.3. The quantitative estimate of drug-likeness (QED) is 0.686. The van der Waals surface area contributed by atoms with Crippen LogP contribution in [0.15, 0.2) is 24.5 Å². The topological polar surface area (TPSA) is 105 Å². The molecule has 1 aromatic heterocycles. The minimum atomic E-state index is -0.933. The van der Waals surface area contributed by atoms with E-state index in [1.54, 1.807) is 0 Å². The molecule has 0 spiro atoms. The molecule has 5 N–H and O–H groups in total. The summed E-state index contributed by atoms with van der Waals surface area (Å²) in [5.41, 5.74) is 11.8. The van der Waals surface area contributed by atoms with Crippen LogP contribution in [0.25, 0.3) is 0 Å². The van der Waals surface area contributed by atoms with E-state index in [2.05, 4.69) is 23.0 Å². The number of rotatable bonds is 6. The summed E-state index contributed by atoms with van der Waals surface area (Å²) >= 11 is 0. The van der Waals surface area contributed by atoms with Gasteiger partial charge in [0.05, 0.1) is 0 Å². The molecule has 1 fully saturated rings. The molecule has 1 aliphatic heterocycles. The highest BCUT2D eigenvalue weighted by Gasteiger charge is 2.21. The van der Waals surface area contributed by atoms with Crippen LogP contribution in [-0.4, -0.2) is 47.1 Å². The lowest BCUT2D eigenvalue weighted by Crippen LogP contribution is -2.29. The Morgan fingerprint density at radius 1 is 1.55 bits per heavy atom. The summed E-state index contributed by atoms with van der Waals surface area (Å²) in [7, 11) is 2.19. The van der Waals surface area contributed by atoms with Gasteiger partial charge < -0.3 is 16.6 Å². The first-order valence-electron chi connectivity index (χ1n) is 7.85. The first kappa shape index (κ1) is 18.5. The summed E-state index contributed by atoms with van der Waals surface area (Å²) in [5.74, 6) is -0.933. The predicted octanol–water partition coefficient (Wildman–Crippen LogP) is 1.38. The molecule has 124 valence electrons. The minimum Gasteiger partial charge on any atom is -0.480 e. The van der Waals surface area contributed by atoms with Crippen molar-refractivity contribution < 1.29 is 9.90 Å². The Hall–Kier alpha value is -1.50. The van der Waals surface area contributed by atoms with Gasteiger partial charge in [0.25, 0.3) is 0 Å². The highest BCUT2D eigenvalue weighted by Crippen LogP contribution is 2.29. The molecule has 2 unspecified atom stereocenters. The van der Waals surface area contributed by atoms with Crippen molar-refractivity contribution in [3.05, 3.63) is 30.1 Å². The number of carbonyl (C=O) groups is 1. The maximum Gasteiger partial charge on any atom is 0.320 e. The fourth-order valence-electron chi connectivity index (χ4n) is 2.54. The molecule has 2 rings (SSSR count). The number of hydrogen-bond donors (Lipinski definition) is 3. The van der Waals surface area contributed by atoms with E-state index in [-0.39, 0.29) is 0 Å². The Labute approximate surface area is 132 Å². The van der Waals surface area contributed by atoms with E-state index in [4.69, 9.17) is 16.6 Å². The standard InChI is InChI=1S/C10H14N2.C6H14N2O2/c1-12-7-3-5-10(12)9-4-2-6-11-8-9;7-4-2-1-3-5(8)6(9)10/h2,4,6,8,10H,3,5,7H2,1H3;5H,1-4,7-8H2,(H,9,10). The third-order valence-corrected chi connectivity index (χ3v) is 3.88. The predicted molar refractivity (Wildman–Crippen MR) is 87.4 cm³/mol. The number of carboxylic acids is 1. The fraction of sp³-hybridized carbons (Fsp3) is 0.625. The number of aliphatic carboxylic acids is 1. The molecule has 22 heavy (non-hydrogen) atoms. The Kier molecular flexibility index (Phi) is 8.65. The first-order valence-corrected chi connectivity index (χ1v) is 7.85. The van der Waals surface area contributed by atoms with E-state index in [1.165, 1.54) is 24.9 Å². The summed E-state index contributed by atoms with van der Waals surface area (Å²) in [4.78, 5) is 16.7. The zero-order valence-corrected chi connectivity index (χ0v) is 13.3. The fourth-order valence-corrected chi connectivity index (χ4v) is 2.54. The molecular formula is C16H28N4O2. The van der Waals surface area contributed by atoms with E-state index in [9.17, 15) is 4.79 Å². The lowest BCUT2D eigenvalue weighted by Gasteiger charge is -2.18.